The third-order valence-corrected chi connectivity index (χ3v) is 6.66. The van der Waals surface area contributed by atoms with Crippen LogP contribution < -0.4 is 0 Å². The number of fused-ring (bicyclic) bond motifs is 6. The zero-order valence-corrected chi connectivity index (χ0v) is 15.0. The monoisotopic (exact) mass is 364 g/mol. The highest BCUT2D eigenvalue weighted by atomic mass is 16.6. The number of carbonyl (C=O) groups is 2. The lowest BCUT2D eigenvalue weighted by Gasteiger charge is -2.36. The average Bonchev–Trinajstić information content (AvgIpc) is 3.40. The van der Waals surface area contributed by atoms with Gasteiger partial charge in [-0.1, -0.05) is 30.4 Å². The van der Waals surface area contributed by atoms with Crippen molar-refractivity contribution in [3.05, 3.63) is 47.7 Å². The molecule has 6 heteroatoms. The van der Waals surface area contributed by atoms with E-state index in [4.69, 9.17) is 9.47 Å². The van der Waals surface area contributed by atoms with Crippen molar-refractivity contribution in [1.82, 2.24) is 9.88 Å². The smallest absolute Gasteiger partial charge is 0.312 e. The zero-order chi connectivity index (χ0) is 18.3. The van der Waals surface area contributed by atoms with Crippen LogP contribution in [-0.2, 0) is 25.5 Å². The first-order valence-corrected chi connectivity index (χ1v) is 9.59. The maximum atomic E-state index is 13.3. The molecule has 2 aromatic rings. The number of nitrogens with one attached hydrogen (secondary N) is 1. The van der Waals surface area contributed by atoms with Crippen molar-refractivity contribution < 1.29 is 19.1 Å². The molecule has 1 amide bonds. The van der Waals surface area contributed by atoms with Gasteiger partial charge in [0.05, 0.1) is 18.6 Å². The van der Waals surface area contributed by atoms with Crippen molar-refractivity contribution in [2.24, 2.45) is 11.8 Å². The summed E-state index contributed by atoms with van der Waals surface area (Å²) in [5, 5.41) is 1.21. The van der Waals surface area contributed by atoms with Crippen LogP contribution in [0.25, 0.3) is 10.9 Å². The SMILES string of the molecule is CCOC(=O)[C@H]1C2C=CC3(O2)[C@H]1C(=O)N1CCc2c([nH]c4ccccc24)[C@@H]13. The molecule has 1 spiro atoms. The van der Waals surface area contributed by atoms with Crippen LogP contribution in [0.3, 0.4) is 0 Å². The molecular formula is C21H20N2O4. The first-order chi connectivity index (χ1) is 13.2. The number of ether oxygens (including phenoxy) is 2. The first kappa shape index (κ1) is 15.5. The molecule has 4 aliphatic rings. The third kappa shape index (κ3) is 1.70. The molecule has 138 valence electrons. The summed E-state index contributed by atoms with van der Waals surface area (Å²) in [6, 6.07) is 8.02. The molecule has 0 saturated carbocycles. The minimum absolute atomic E-state index is 0.00853. The Morgan fingerprint density at radius 3 is 3.11 bits per heavy atom. The van der Waals surface area contributed by atoms with E-state index in [0.717, 1.165) is 17.6 Å². The number of hydrogen-bond acceptors (Lipinski definition) is 4. The summed E-state index contributed by atoms with van der Waals surface area (Å²) in [6.45, 7) is 2.74. The summed E-state index contributed by atoms with van der Waals surface area (Å²) in [4.78, 5) is 31.4. The second kappa shape index (κ2) is 5.01. The van der Waals surface area contributed by atoms with Crippen LogP contribution in [0.5, 0.6) is 0 Å². The molecule has 0 radical (unpaired) electrons. The Balaban J connectivity index is 1.52. The molecule has 1 N–H and O–H groups in total. The summed E-state index contributed by atoms with van der Waals surface area (Å²) in [7, 11) is 0. The fourth-order valence-corrected chi connectivity index (χ4v) is 5.71. The van der Waals surface area contributed by atoms with Gasteiger partial charge in [-0.2, -0.15) is 0 Å². The van der Waals surface area contributed by atoms with Gasteiger partial charge in [-0.25, -0.2) is 0 Å². The molecule has 27 heavy (non-hydrogen) atoms. The number of amides is 1. The van der Waals surface area contributed by atoms with E-state index in [9.17, 15) is 9.59 Å². The standard InChI is InChI=1S/C21H20N2O4/c1-2-26-20(25)15-14-7-9-21(27-14)16(15)19(24)23-10-8-12-11-5-3-4-6-13(11)22-17(12)18(21)23/h3-7,9,14-16,18,22H,2,8,10H2,1H3/t14?,15-,16+,18+,21?/m0/s1. The predicted molar refractivity (Wildman–Crippen MR) is 96.8 cm³/mol. The molecule has 2 unspecified atom stereocenters. The van der Waals surface area contributed by atoms with Crippen molar-refractivity contribution in [2.45, 2.75) is 31.1 Å². The van der Waals surface area contributed by atoms with Crippen LogP contribution >= 0.6 is 0 Å². The Labute approximate surface area is 156 Å². The van der Waals surface area contributed by atoms with Crippen LogP contribution in [0.15, 0.2) is 36.4 Å². The number of benzene rings is 1. The van der Waals surface area contributed by atoms with Gasteiger partial charge in [-0.3, -0.25) is 9.59 Å². The summed E-state index contributed by atoms with van der Waals surface area (Å²) in [5.74, 6) is -1.38. The van der Waals surface area contributed by atoms with Crippen LogP contribution in [0.4, 0.5) is 0 Å². The minimum Gasteiger partial charge on any atom is -0.466 e. The highest BCUT2D eigenvalue weighted by Gasteiger charge is 2.72. The number of para-hydroxylation sites is 1. The molecule has 2 bridgehead atoms. The van der Waals surface area contributed by atoms with Crippen molar-refractivity contribution in [2.75, 3.05) is 13.2 Å². The lowest BCUT2D eigenvalue weighted by molar-refractivity contribution is -0.153. The molecule has 0 aliphatic carbocycles. The van der Waals surface area contributed by atoms with E-state index in [-0.39, 0.29) is 24.0 Å². The first-order valence-electron chi connectivity index (χ1n) is 9.59. The van der Waals surface area contributed by atoms with Crippen molar-refractivity contribution in [3.63, 3.8) is 0 Å². The summed E-state index contributed by atoms with van der Waals surface area (Å²) < 4.78 is 11.6. The fraction of sp³-hybridized carbons (Fsp3) is 0.429. The number of hydrogen-bond donors (Lipinski definition) is 1. The Morgan fingerprint density at radius 2 is 2.26 bits per heavy atom. The Morgan fingerprint density at radius 1 is 1.41 bits per heavy atom. The van der Waals surface area contributed by atoms with Gasteiger partial charge in [0.2, 0.25) is 5.91 Å². The van der Waals surface area contributed by atoms with Gasteiger partial charge in [-0.15, -0.1) is 0 Å². The Bertz CT molecular complexity index is 1020. The molecule has 2 fully saturated rings. The number of nitrogens with zero attached hydrogens (tertiary/aromatic N) is 1. The molecule has 5 heterocycles. The van der Waals surface area contributed by atoms with Crippen LogP contribution in [0, 0.1) is 11.8 Å². The topological polar surface area (TPSA) is 71.6 Å². The van der Waals surface area contributed by atoms with E-state index >= 15 is 0 Å². The van der Waals surface area contributed by atoms with Gasteiger partial charge in [-0.05, 0) is 25.0 Å². The number of H-pyrrole nitrogens is 1. The maximum Gasteiger partial charge on any atom is 0.312 e. The van der Waals surface area contributed by atoms with Gasteiger partial charge >= 0.3 is 5.97 Å². The van der Waals surface area contributed by atoms with Gasteiger partial charge in [0.15, 0.2) is 0 Å². The molecule has 4 aliphatic heterocycles. The van der Waals surface area contributed by atoms with E-state index in [0.29, 0.717) is 13.2 Å². The molecule has 1 aromatic carbocycles. The Kier molecular flexibility index (Phi) is 2.87. The summed E-state index contributed by atoms with van der Waals surface area (Å²) in [5.41, 5.74) is 2.60. The molecule has 6 rings (SSSR count). The highest BCUT2D eigenvalue weighted by molar-refractivity contribution is 5.93. The van der Waals surface area contributed by atoms with Crippen LogP contribution in [0.1, 0.15) is 24.2 Å². The lowest BCUT2D eigenvalue weighted by Crippen LogP contribution is -2.41. The quantitative estimate of drug-likeness (QED) is 0.654. The molecule has 2 saturated heterocycles. The van der Waals surface area contributed by atoms with Gasteiger partial charge in [0.25, 0.3) is 0 Å². The number of aromatic amines is 1. The van der Waals surface area contributed by atoms with E-state index < -0.39 is 17.4 Å². The number of aromatic nitrogens is 1. The summed E-state index contributed by atoms with van der Waals surface area (Å²) >= 11 is 0. The third-order valence-electron chi connectivity index (χ3n) is 6.66. The van der Waals surface area contributed by atoms with Crippen molar-refractivity contribution >= 4 is 22.8 Å². The van der Waals surface area contributed by atoms with Gasteiger partial charge < -0.3 is 19.4 Å². The van der Waals surface area contributed by atoms with E-state index in [1.54, 1.807) is 6.92 Å². The largest absolute Gasteiger partial charge is 0.466 e. The van der Waals surface area contributed by atoms with Crippen LogP contribution in [-0.4, -0.2) is 46.6 Å². The number of rotatable bonds is 2. The Hall–Kier alpha value is -2.60. The van der Waals surface area contributed by atoms with E-state index in [2.05, 4.69) is 17.1 Å². The molecule has 5 atom stereocenters. The van der Waals surface area contributed by atoms with Gasteiger partial charge in [0.1, 0.15) is 17.6 Å². The van der Waals surface area contributed by atoms with Gasteiger partial charge in [0, 0.05) is 23.1 Å². The van der Waals surface area contributed by atoms with Crippen molar-refractivity contribution in [3.8, 4) is 0 Å². The number of carbonyl (C=O) groups excluding carboxylic acids is 2. The van der Waals surface area contributed by atoms with Crippen LogP contribution in [0.2, 0.25) is 0 Å². The summed E-state index contributed by atoms with van der Waals surface area (Å²) in [6.07, 6.45) is 4.38. The molecule has 1 aromatic heterocycles. The normalized spacial score (nSPS) is 35.4. The minimum atomic E-state index is -0.783. The molecule has 6 nitrogen and oxygen atoms in total. The average molecular weight is 364 g/mol. The lowest BCUT2D eigenvalue weighted by atomic mass is 9.73. The van der Waals surface area contributed by atoms with E-state index in [1.807, 2.05) is 29.2 Å². The number of esters is 1. The maximum absolute atomic E-state index is 13.3. The second-order valence-electron chi connectivity index (χ2n) is 7.80. The zero-order valence-electron chi connectivity index (χ0n) is 15.0. The predicted octanol–water partition coefficient (Wildman–Crippen LogP) is 2.11. The highest BCUT2D eigenvalue weighted by Crippen LogP contribution is 2.61. The molecular weight excluding hydrogens is 344 g/mol. The van der Waals surface area contributed by atoms with Crippen molar-refractivity contribution in [1.29, 1.82) is 0 Å². The van der Waals surface area contributed by atoms with E-state index in [1.165, 1.54) is 10.9 Å². The second-order valence-corrected chi connectivity index (χ2v) is 7.80. The fourth-order valence-electron chi connectivity index (χ4n) is 5.71.